The molecular weight excluding hydrogens is 1200 g/mol. The van der Waals surface area contributed by atoms with E-state index in [4.69, 9.17) is 41.4 Å². The quantitative estimate of drug-likeness (QED) is 0.104. The monoisotopic (exact) mass is 1320 g/mol. The molecule has 0 aromatic heterocycles. The van der Waals surface area contributed by atoms with Crippen LogP contribution < -0.4 is 0 Å². The van der Waals surface area contributed by atoms with E-state index in [1.54, 1.807) is 0 Å². The Hall–Kier alpha value is -2.74. The molecule has 8 fully saturated rings. The third-order valence-corrected chi connectivity index (χ3v) is 21.1. The summed E-state index contributed by atoms with van der Waals surface area (Å²) in [5.74, 6) is -11.2. The van der Waals surface area contributed by atoms with E-state index in [-0.39, 0.29) is 43.3 Å². The number of rotatable bonds is 16. The van der Waals surface area contributed by atoms with Crippen molar-refractivity contribution in [3.63, 3.8) is 0 Å². The van der Waals surface area contributed by atoms with E-state index in [9.17, 15) is 14.9 Å². The first-order valence-electron chi connectivity index (χ1n) is 34.4. The zero-order chi connectivity index (χ0) is 69.2. The lowest BCUT2D eigenvalue weighted by Crippen LogP contribution is -2.95. The second kappa shape index (κ2) is 23.2. The average Bonchev–Trinajstić information content (AvgIpc) is 0.602. The fraction of sp³-hybridized carbons (Fsp3) is 0.696. The van der Waals surface area contributed by atoms with Crippen LogP contribution in [0.4, 0.5) is 0 Å². The molecule has 12 rings (SSSR count). The van der Waals surface area contributed by atoms with E-state index in [1.165, 1.54) is 5.56 Å². The first-order valence-corrected chi connectivity index (χ1v) is 36.6. The van der Waals surface area contributed by atoms with Gasteiger partial charge in [-0.15, -0.1) is 0 Å². The predicted molar refractivity (Wildman–Crippen MR) is 372 cm³/mol. The summed E-state index contributed by atoms with van der Waals surface area (Å²) in [6, 6.07) is 27.3. The molecule has 2 N–H and O–H groups in total. The summed E-state index contributed by atoms with van der Waals surface area (Å²) < 4.78 is 79.5. The first kappa shape index (κ1) is 73.0. The van der Waals surface area contributed by atoms with Gasteiger partial charge in [0.25, 0.3) is 0 Å². The van der Waals surface area contributed by atoms with Crippen LogP contribution >= 0.6 is 17.2 Å². The van der Waals surface area contributed by atoms with Gasteiger partial charge in [0, 0.05) is 16.5 Å². The van der Waals surface area contributed by atoms with Crippen molar-refractivity contribution in [2.75, 3.05) is 13.2 Å². The van der Waals surface area contributed by atoms with Crippen LogP contribution in [0.5, 0.6) is 0 Å². The molecule has 8 heterocycles. The molecule has 4 atom stereocenters. The normalized spacial score (nSPS) is 29.1. The molecule has 4 unspecified atom stereocenters. The number of aliphatic hydroxyl groups excluding tert-OH is 2. The number of benzene rings is 4. The minimum absolute atomic E-state index is 0.0563. The summed E-state index contributed by atoms with van der Waals surface area (Å²) in [5.41, 5.74) is 2.67. The second-order valence-electron chi connectivity index (χ2n) is 39.7. The van der Waals surface area contributed by atoms with Gasteiger partial charge in [0.15, 0.2) is 0 Å². The largest absolute Gasteiger partial charge is 0.396 e. The Morgan fingerprint density at radius 1 is 0.312 bits per heavy atom. The zero-order valence-corrected chi connectivity index (χ0v) is 64.2. The molecule has 0 amide bonds. The average molecular weight is 1320 g/mol. The van der Waals surface area contributed by atoms with Crippen molar-refractivity contribution in [3.8, 4) is 0 Å². The highest BCUT2D eigenvalue weighted by Gasteiger charge is 3.05. The number of aliphatic hydroxyl groups is 2. The number of hydrogen-bond donors (Lipinski definition) is 2. The smallest absolute Gasteiger partial charge is 0.346 e. The molecule has 12 nitrogen and oxygen atoms in total. The summed E-state index contributed by atoms with van der Waals surface area (Å²) in [6.07, 6.45) is 5.41. The highest BCUT2D eigenvalue weighted by Crippen LogP contribution is 2.94. The van der Waals surface area contributed by atoms with Crippen molar-refractivity contribution in [1.82, 2.24) is 0 Å². The van der Waals surface area contributed by atoms with Crippen molar-refractivity contribution in [2.45, 2.75) is 280 Å². The molecule has 8 aliphatic rings. The molecule has 93 heavy (non-hydrogen) atoms. The standard InChI is InChI=1S/C79H118O12P2/c1-63(2,3)41-51-29-33-59(55(37-51)45-67(13,14)15)73(60-34-30-52(42-64(4,5)6)38-56(60)46-68(16,17)18)76-75(62-36-32-54(44-66(10,11)12)40-58(62)48-70(22,23)24,86-92-88-78(76,89-92)84-77(72(27,28)50-81)85-79(76)90-93(87-77)91-79)83-74(82-73,71(25,26)49-80)61-35-31-53(43-65(7,8)9)39-57(61)47-69(19,20)21/h29-40,80-81H,41-50H2,1-28H3. The number of ether oxygens (including phenoxy) is 4. The maximum Gasteiger partial charge on any atom is 0.346 e. The van der Waals surface area contributed by atoms with Gasteiger partial charge in [0.1, 0.15) is 5.60 Å². The van der Waals surface area contributed by atoms with Crippen LogP contribution in [-0.2, 0) is 115 Å². The molecule has 516 valence electrons. The Kier molecular flexibility index (Phi) is 18.2. The maximum atomic E-state index is 13.0. The minimum Gasteiger partial charge on any atom is -0.396 e. The fourth-order valence-electron chi connectivity index (χ4n) is 15.5. The Morgan fingerprint density at radius 2 is 0.602 bits per heavy atom. The minimum atomic E-state index is -2.41. The molecule has 0 saturated carbocycles. The Morgan fingerprint density at radius 3 is 0.925 bits per heavy atom. The van der Waals surface area contributed by atoms with E-state index in [0.717, 1.165) is 81.3 Å². The molecule has 8 aliphatic heterocycles. The van der Waals surface area contributed by atoms with Crippen LogP contribution in [0.25, 0.3) is 0 Å². The molecule has 0 aliphatic carbocycles. The lowest BCUT2D eigenvalue weighted by atomic mass is 9.51. The van der Waals surface area contributed by atoms with Crippen LogP contribution in [-0.4, -0.2) is 41.3 Å². The van der Waals surface area contributed by atoms with Gasteiger partial charge in [-0.3, -0.25) is 36.6 Å². The van der Waals surface area contributed by atoms with Gasteiger partial charge >= 0.3 is 35.1 Å². The molecule has 5 bridgehead atoms. The Labute approximate surface area is 563 Å². The Balaban J connectivity index is 1.57. The lowest BCUT2D eigenvalue weighted by Gasteiger charge is -2.82. The summed E-state index contributed by atoms with van der Waals surface area (Å²) >= 11 is 0. The first-order chi connectivity index (χ1) is 42.1. The van der Waals surface area contributed by atoms with Gasteiger partial charge in [-0.05, 0) is 164 Å². The third-order valence-electron chi connectivity index (χ3n) is 18.7. The molecule has 4 aromatic rings. The molecule has 3 spiro atoms. The van der Waals surface area contributed by atoms with Crippen molar-refractivity contribution >= 4 is 17.2 Å². The van der Waals surface area contributed by atoms with Crippen LogP contribution in [0.2, 0.25) is 0 Å². The Bertz CT molecular complexity index is 3360. The van der Waals surface area contributed by atoms with Crippen molar-refractivity contribution in [1.29, 1.82) is 0 Å². The molecule has 4 aromatic carbocycles. The predicted octanol–water partition coefficient (Wildman–Crippen LogP) is 20.0. The van der Waals surface area contributed by atoms with Crippen LogP contribution in [0.3, 0.4) is 0 Å². The zero-order valence-electron chi connectivity index (χ0n) is 62.4. The van der Waals surface area contributed by atoms with E-state index in [1.807, 2.05) is 13.8 Å². The van der Waals surface area contributed by atoms with Crippen molar-refractivity contribution in [2.24, 2.45) is 59.6 Å². The van der Waals surface area contributed by atoms with E-state index >= 15 is 0 Å². The highest BCUT2D eigenvalue weighted by molar-refractivity contribution is 7.43. The van der Waals surface area contributed by atoms with Gasteiger partial charge in [-0.2, -0.15) is 0 Å². The summed E-state index contributed by atoms with van der Waals surface area (Å²) in [4.78, 5) is 0. The van der Waals surface area contributed by atoms with Gasteiger partial charge < -0.3 is 19.7 Å². The van der Waals surface area contributed by atoms with Gasteiger partial charge in [-0.25, -0.2) is 0 Å². The number of hydrogen-bond acceptors (Lipinski definition) is 12. The van der Waals surface area contributed by atoms with Gasteiger partial charge in [0.2, 0.25) is 17.0 Å². The molecular formula is C79H118O12P2. The molecule has 14 heteroatoms. The van der Waals surface area contributed by atoms with Gasteiger partial charge in [0.05, 0.1) is 18.6 Å². The molecule has 8 saturated heterocycles. The summed E-state index contributed by atoms with van der Waals surface area (Å²) in [6.45, 7) is 61.6. The van der Waals surface area contributed by atoms with Crippen molar-refractivity contribution in [3.05, 3.63) is 140 Å². The highest BCUT2D eigenvalue weighted by atomic mass is 31.2. The van der Waals surface area contributed by atoms with E-state index in [0.29, 0.717) is 31.2 Å². The summed E-state index contributed by atoms with van der Waals surface area (Å²) in [7, 11) is -4.72. The van der Waals surface area contributed by atoms with E-state index < -0.39 is 81.8 Å². The van der Waals surface area contributed by atoms with Crippen LogP contribution in [0, 0.1) is 59.6 Å². The topological polar surface area (TPSA) is 133 Å². The van der Waals surface area contributed by atoms with E-state index in [2.05, 4.69) is 253 Å². The maximum absolute atomic E-state index is 13.0. The molecule has 0 radical (unpaired) electrons. The van der Waals surface area contributed by atoms with Crippen molar-refractivity contribution < 1.29 is 56.3 Å². The second-order valence-corrected chi connectivity index (χ2v) is 41.7. The van der Waals surface area contributed by atoms with Crippen LogP contribution in [0.15, 0.2) is 72.8 Å². The lowest BCUT2D eigenvalue weighted by molar-refractivity contribution is -0.736. The third kappa shape index (κ3) is 13.2. The summed E-state index contributed by atoms with van der Waals surface area (Å²) in [5, 5.41) is 24.7. The van der Waals surface area contributed by atoms with Crippen LogP contribution in [0.1, 0.15) is 261 Å². The van der Waals surface area contributed by atoms with Gasteiger partial charge in [-0.1, -0.05) is 253 Å². The fourth-order valence-corrected chi connectivity index (χ4v) is 18.2. The SMILES string of the molecule is CC(C)(C)Cc1ccc(C2(C(C)(C)CO)OC3(c4ccc(CC(C)(C)C)cc4CC(C)(C)C)OP4OC5(O4)OC4(C(C)(C)CO)OP6OC(O6)(O4)C53C(c3ccc(CC(C)(C)C)cc3CC(C)(C)C)(c3ccc(CC(C)(C)C)cc3CC(C)(C)C)O2)c(CC(C)(C)C)c1.